The van der Waals surface area contributed by atoms with Gasteiger partial charge in [-0.25, -0.2) is 4.57 Å². The predicted octanol–water partition coefficient (Wildman–Crippen LogP) is 2.97. The number of amides is 2. The molecule has 2 atom stereocenters. The van der Waals surface area contributed by atoms with E-state index in [2.05, 4.69) is 5.32 Å². The second-order valence-electron chi connectivity index (χ2n) is 9.15. The summed E-state index contributed by atoms with van der Waals surface area (Å²) in [4.78, 5) is 24.3. The van der Waals surface area contributed by atoms with Crippen molar-refractivity contribution in [2.45, 2.75) is 57.4 Å². The minimum atomic E-state index is -4.98. The molecule has 2 aromatic rings. The summed E-state index contributed by atoms with van der Waals surface area (Å²) in [5.41, 5.74) is 1.05. The largest absolute Gasteiger partial charge is 0.530 e. The topological polar surface area (TPSA) is 76.4 Å². The van der Waals surface area contributed by atoms with Gasteiger partial charge in [0.2, 0.25) is 0 Å². The second-order valence-corrected chi connectivity index (χ2v) is 9.15. The molecule has 0 saturated carbocycles. The first kappa shape index (κ1) is 24.5. The molecule has 1 saturated heterocycles. The number of pyridine rings is 1. The third kappa shape index (κ3) is 6.46. The third-order valence-corrected chi connectivity index (χ3v) is 6.13. The monoisotopic (exact) mass is 463 g/mol. The molecular formula is C24H28F3N3O3. The zero-order chi connectivity index (χ0) is 24.2. The molecule has 0 radical (unpaired) electrons. The number of halogens is 3. The number of rotatable bonds is 7. The van der Waals surface area contributed by atoms with Crippen LogP contribution in [0.25, 0.3) is 0 Å². The molecule has 178 valence electrons. The number of aromatic nitrogens is 1. The van der Waals surface area contributed by atoms with Gasteiger partial charge in [-0.3, -0.25) is 4.79 Å². The van der Waals surface area contributed by atoms with Crippen LogP contribution in [-0.2, 0) is 11.3 Å². The van der Waals surface area contributed by atoms with E-state index >= 15 is 0 Å². The molecule has 1 aromatic heterocycles. The normalized spacial score (nSPS) is 18.7. The Labute approximate surface area is 191 Å². The SMILES string of the molecule is CC1(C)C[C@H](CCC(NC(=O)C(F)(F)F)c2cc[n+](Cc3ccccc3)cc2)CN1C(=O)[O-]. The third-order valence-electron chi connectivity index (χ3n) is 6.13. The van der Waals surface area contributed by atoms with Crippen molar-refractivity contribution in [3.63, 3.8) is 0 Å². The molecule has 1 aliphatic heterocycles. The van der Waals surface area contributed by atoms with E-state index in [1.54, 1.807) is 38.4 Å². The summed E-state index contributed by atoms with van der Waals surface area (Å²) in [6.07, 6.45) is -1.40. The Morgan fingerprint density at radius 2 is 1.82 bits per heavy atom. The molecule has 0 bridgehead atoms. The molecule has 33 heavy (non-hydrogen) atoms. The van der Waals surface area contributed by atoms with Crippen LogP contribution in [0.15, 0.2) is 54.9 Å². The van der Waals surface area contributed by atoms with E-state index in [9.17, 15) is 27.9 Å². The van der Waals surface area contributed by atoms with Crippen LogP contribution in [0.5, 0.6) is 0 Å². The van der Waals surface area contributed by atoms with E-state index < -0.39 is 29.8 Å². The van der Waals surface area contributed by atoms with Crippen molar-refractivity contribution >= 4 is 12.0 Å². The number of carbonyl (C=O) groups excluding carboxylic acids is 2. The first-order valence-electron chi connectivity index (χ1n) is 10.8. The van der Waals surface area contributed by atoms with Crippen LogP contribution in [0, 0.1) is 5.92 Å². The maximum Gasteiger partial charge on any atom is 0.471 e. The highest BCUT2D eigenvalue weighted by Crippen LogP contribution is 2.36. The predicted molar refractivity (Wildman–Crippen MR) is 113 cm³/mol. The van der Waals surface area contributed by atoms with Crippen LogP contribution in [0.4, 0.5) is 18.0 Å². The van der Waals surface area contributed by atoms with Crippen LogP contribution >= 0.6 is 0 Å². The van der Waals surface area contributed by atoms with Gasteiger partial charge in [0.05, 0.1) is 6.04 Å². The van der Waals surface area contributed by atoms with Gasteiger partial charge in [-0.15, -0.1) is 0 Å². The number of carboxylic acid groups (broad SMARTS) is 1. The maximum absolute atomic E-state index is 12.9. The lowest BCUT2D eigenvalue weighted by atomic mass is 9.90. The summed E-state index contributed by atoms with van der Waals surface area (Å²) in [5, 5.41) is 13.5. The second kappa shape index (κ2) is 9.80. The van der Waals surface area contributed by atoms with Gasteiger partial charge in [-0.2, -0.15) is 13.2 Å². The summed E-state index contributed by atoms with van der Waals surface area (Å²) in [6, 6.07) is 12.3. The fourth-order valence-corrected chi connectivity index (χ4v) is 4.47. The van der Waals surface area contributed by atoms with E-state index in [-0.39, 0.29) is 18.9 Å². The number of alkyl halides is 3. The van der Waals surface area contributed by atoms with E-state index in [0.29, 0.717) is 24.9 Å². The van der Waals surface area contributed by atoms with Crippen molar-refractivity contribution in [1.29, 1.82) is 0 Å². The van der Waals surface area contributed by atoms with Gasteiger partial charge in [0.1, 0.15) is 6.09 Å². The van der Waals surface area contributed by atoms with Crippen LogP contribution < -0.4 is 15.0 Å². The first-order valence-corrected chi connectivity index (χ1v) is 10.8. The van der Waals surface area contributed by atoms with Crippen molar-refractivity contribution in [2.75, 3.05) is 6.54 Å². The van der Waals surface area contributed by atoms with Crippen LogP contribution in [-0.4, -0.2) is 35.2 Å². The Hall–Kier alpha value is -3.10. The van der Waals surface area contributed by atoms with Gasteiger partial charge in [0.15, 0.2) is 18.9 Å². The lowest BCUT2D eigenvalue weighted by Crippen LogP contribution is -2.49. The highest BCUT2D eigenvalue weighted by Gasteiger charge is 2.41. The molecule has 2 amide bonds. The standard InChI is InChI=1S/C24H28F3N3O3/c1-23(2)14-18(16-30(23)22(32)33)8-9-20(28-21(31)24(25,26)27)19-10-12-29(13-11-19)15-17-6-4-3-5-7-17/h3-7,10-13,18,20H,8-9,14-16H2,1-2H3,(H-,28,31,32,33)/t18-,20?/m0/s1. The minimum Gasteiger partial charge on any atom is -0.530 e. The van der Waals surface area contributed by atoms with E-state index in [1.165, 1.54) is 4.90 Å². The van der Waals surface area contributed by atoms with E-state index in [1.807, 2.05) is 34.9 Å². The maximum atomic E-state index is 12.9. The number of likely N-dealkylation sites (tertiary alicyclic amines) is 1. The highest BCUT2D eigenvalue weighted by atomic mass is 19.4. The molecule has 9 heteroatoms. The van der Waals surface area contributed by atoms with Crippen molar-refractivity contribution < 1.29 is 32.4 Å². The van der Waals surface area contributed by atoms with E-state index in [4.69, 9.17) is 0 Å². The van der Waals surface area contributed by atoms with Crippen molar-refractivity contribution in [3.05, 3.63) is 66.0 Å². The number of benzene rings is 1. The van der Waals surface area contributed by atoms with Crippen molar-refractivity contribution in [3.8, 4) is 0 Å². The molecule has 6 nitrogen and oxygen atoms in total. The lowest BCUT2D eigenvalue weighted by molar-refractivity contribution is -0.688. The van der Waals surface area contributed by atoms with Gasteiger partial charge in [-0.05, 0) is 44.6 Å². The molecule has 1 aliphatic rings. The average molecular weight is 464 g/mol. The number of nitrogens with one attached hydrogen (secondary N) is 1. The van der Waals surface area contributed by atoms with Crippen LogP contribution in [0.3, 0.4) is 0 Å². The quantitative estimate of drug-likeness (QED) is 0.642. The molecular weight excluding hydrogens is 435 g/mol. The molecule has 1 N–H and O–H groups in total. The molecule has 3 rings (SSSR count). The Balaban J connectivity index is 1.71. The number of hydrogen-bond donors (Lipinski definition) is 1. The molecule has 2 heterocycles. The Bertz CT molecular complexity index is 962. The smallest absolute Gasteiger partial charge is 0.471 e. The number of carbonyl (C=O) groups is 2. The van der Waals surface area contributed by atoms with Crippen molar-refractivity contribution in [1.82, 2.24) is 10.2 Å². The molecule has 0 aliphatic carbocycles. The summed E-state index contributed by atoms with van der Waals surface area (Å²) >= 11 is 0. The van der Waals surface area contributed by atoms with Gasteiger partial charge >= 0.3 is 12.1 Å². The lowest BCUT2D eigenvalue weighted by Gasteiger charge is -2.33. The fourth-order valence-electron chi connectivity index (χ4n) is 4.47. The zero-order valence-electron chi connectivity index (χ0n) is 18.6. The Kier molecular flexibility index (Phi) is 7.29. The molecule has 1 unspecified atom stereocenters. The van der Waals surface area contributed by atoms with Gasteiger partial charge in [0, 0.05) is 29.8 Å². The summed E-state index contributed by atoms with van der Waals surface area (Å²) in [5.74, 6) is -2.02. The van der Waals surface area contributed by atoms with Gasteiger partial charge in [-0.1, -0.05) is 30.3 Å². The minimum absolute atomic E-state index is 0.0325. The first-order chi connectivity index (χ1) is 15.5. The zero-order valence-corrected chi connectivity index (χ0v) is 18.6. The number of nitrogens with zero attached hydrogens (tertiary/aromatic N) is 2. The average Bonchev–Trinajstić information content (AvgIpc) is 3.06. The highest BCUT2D eigenvalue weighted by molar-refractivity contribution is 5.82. The summed E-state index contributed by atoms with van der Waals surface area (Å²) in [6.45, 7) is 4.47. The van der Waals surface area contributed by atoms with E-state index in [0.717, 1.165) is 5.56 Å². The Morgan fingerprint density at radius 1 is 1.18 bits per heavy atom. The molecule has 0 spiro atoms. The van der Waals surface area contributed by atoms with Gasteiger partial charge in [0.25, 0.3) is 0 Å². The summed E-state index contributed by atoms with van der Waals surface area (Å²) < 4.78 is 40.7. The van der Waals surface area contributed by atoms with Gasteiger partial charge < -0.3 is 20.1 Å². The Morgan fingerprint density at radius 3 is 2.36 bits per heavy atom. The van der Waals surface area contributed by atoms with Crippen LogP contribution in [0.2, 0.25) is 0 Å². The van der Waals surface area contributed by atoms with Crippen molar-refractivity contribution in [2.24, 2.45) is 5.92 Å². The molecule has 1 aromatic carbocycles. The molecule has 1 fully saturated rings. The summed E-state index contributed by atoms with van der Waals surface area (Å²) in [7, 11) is 0. The van der Waals surface area contributed by atoms with Crippen LogP contribution in [0.1, 0.15) is 50.3 Å². The fraction of sp³-hybridized carbons (Fsp3) is 0.458. The number of hydrogen-bond acceptors (Lipinski definition) is 3.